The van der Waals surface area contributed by atoms with Gasteiger partial charge in [-0.15, -0.1) is 0 Å². The summed E-state index contributed by atoms with van der Waals surface area (Å²) in [5.41, 5.74) is 2.27. The summed E-state index contributed by atoms with van der Waals surface area (Å²) in [5.74, 6) is 0.652. The molecule has 2 N–H and O–H groups in total. The minimum absolute atomic E-state index is 0.0235. The van der Waals surface area contributed by atoms with Crippen molar-refractivity contribution < 1.29 is 9.53 Å². The molecule has 1 aliphatic rings. The zero-order chi connectivity index (χ0) is 18.4. The lowest BCUT2D eigenvalue weighted by atomic mass is 9.89. The van der Waals surface area contributed by atoms with E-state index >= 15 is 0 Å². The molecule has 0 radical (unpaired) electrons. The number of anilines is 1. The zero-order valence-corrected chi connectivity index (χ0v) is 15.9. The number of methoxy groups -OCH3 is 1. The molecule has 0 aliphatic carbocycles. The van der Waals surface area contributed by atoms with Crippen LogP contribution in [0.25, 0.3) is 0 Å². The lowest BCUT2D eigenvalue weighted by molar-refractivity contribution is -0.117. The molecule has 1 aromatic rings. The number of nitrogens with one attached hydrogen (secondary N) is 2. The van der Waals surface area contributed by atoms with Crippen LogP contribution in [0.2, 0.25) is 0 Å². The number of amides is 1. The van der Waals surface area contributed by atoms with Gasteiger partial charge in [-0.2, -0.15) is 0 Å². The number of ether oxygens (including phenoxy) is 1. The fourth-order valence-electron chi connectivity index (χ4n) is 3.01. The fraction of sp³-hybridized carbons (Fsp3) is 0.579. The van der Waals surface area contributed by atoms with Gasteiger partial charge in [0, 0.05) is 32.9 Å². The van der Waals surface area contributed by atoms with Gasteiger partial charge in [-0.25, -0.2) is 0 Å². The molecular formula is C19H30N4O2. The van der Waals surface area contributed by atoms with E-state index in [1.54, 1.807) is 14.2 Å². The molecule has 2 rings (SSSR count). The topological polar surface area (TPSA) is 66.0 Å². The Morgan fingerprint density at radius 2 is 2.04 bits per heavy atom. The molecule has 0 bridgehead atoms. The van der Waals surface area contributed by atoms with E-state index in [-0.39, 0.29) is 24.0 Å². The smallest absolute Gasteiger partial charge is 0.246 e. The SMILES string of the molecule is CN=C(NCC(=O)N1CCc2ccccc21)NCC(OC)C(C)(C)C. The molecule has 25 heavy (non-hydrogen) atoms. The highest BCUT2D eigenvalue weighted by molar-refractivity contribution is 5.98. The van der Waals surface area contributed by atoms with Crippen LogP contribution < -0.4 is 15.5 Å². The quantitative estimate of drug-likeness (QED) is 0.630. The van der Waals surface area contributed by atoms with Gasteiger partial charge in [0.15, 0.2) is 5.96 Å². The normalized spacial score (nSPS) is 15.7. The summed E-state index contributed by atoms with van der Waals surface area (Å²) in [7, 11) is 3.41. The van der Waals surface area contributed by atoms with Crippen LogP contribution >= 0.6 is 0 Å². The maximum Gasteiger partial charge on any atom is 0.246 e. The lowest BCUT2D eigenvalue weighted by Gasteiger charge is -2.30. The number of hydrogen-bond donors (Lipinski definition) is 2. The Bertz CT molecular complexity index is 622. The van der Waals surface area contributed by atoms with E-state index < -0.39 is 0 Å². The second-order valence-corrected chi connectivity index (χ2v) is 7.32. The number of aliphatic imine (C=N–C) groups is 1. The Kier molecular flexibility index (Phi) is 6.42. The molecule has 1 unspecified atom stereocenters. The van der Waals surface area contributed by atoms with Crippen molar-refractivity contribution in [3.63, 3.8) is 0 Å². The van der Waals surface area contributed by atoms with Crippen LogP contribution in [-0.4, -0.2) is 51.8 Å². The van der Waals surface area contributed by atoms with E-state index in [1.165, 1.54) is 5.56 Å². The first-order valence-electron chi connectivity index (χ1n) is 8.72. The van der Waals surface area contributed by atoms with Crippen molar-refractivity contribution in [2.24, 2.45) is 10.4 Å². The first-order valence-corrected chi connectivity index (χ1v) is 8.72. The number of nitrogens with zero attached hydrogens (tertiary/aromatic N) is 2. The Labute approximate surface area is 150 Å². The predicted molar refractivity (Wildman–Crippen MR) is 102 cm³/mol. The van der Waals surface area contributed by atoms with Crippen LogP contribution in [-0.2, 0) is 16.0 Å². The fourth-order valence-corrected chi connectivity index (χ4v) is 3.01. The van der Waals surface area contributed by atoms with Crippen molar-refractivity contribution in [1.29, 1.82) is 0 Å². The first-order chi connectivity index (χ1) is 11.9. The number of benzene rings is 1. The number of carbonyl (C=O) groups is 1. The summed E-state index contributed by atoms with van der Waals surface area (Å²) < 4.78 is 5.54. The molecule has 1 heterocycles. The highest BCUT2D eigenvalue weighted by atomic mass is 16.5. The Balaban J connectivity index is 1.86. The monoisotopic (exact) mass is 346 g/mol. The molecule has 1 atom stereocenters. The van der Waals surface area contributed by atoms with E-state index in [1.807, 2.05) is 23.1 Å². The van der Waals surface area contributed by atoms with Crippen molar-refractivity contribution in [2.75, 3.05) is 38.7 Å². The number of fused-ring (bicyclic) bond motifs is 1. The number of guanidine groups is 1. The standard InChI is InChI=1S/C19H30N4O2/c1-19(2,3)16(25-5)12-21-18(20-4)22-13-17(24)23-11-10-14-8-6-7-9-15(14)23/h6-9,16H,10-13H2,1-5H3,(H2,20,21,22). The lowest BCUT2D eigenvalue weighted by Crippen LogP contribution is -2.48. The number of carbonyl (C=O) groups excluding carboxylic acids is 1. The highest BCUT2D eigenvalue weighted by Crippen LogP contribution is 2.27. The summed E-state index contributed by atoms with van der Waals surface area (Å²) in [5, 5.41) is 6.34. The minimum Gasteiger partial charge on any atom is -0.379 e. The number of para-hydroxylation sites is 1. The Morgan fingerprint density at radius 3 is 2.68 bits per heavy atom. The molecule has 0 aromatic heterocycles. The van der Waals surface area contributed by atoms with Crippen molar-refractivity contribution >= 4 is 17.6 Å². The number of hydrogen-bond acceptors (Lipinski definition) is 3. The summed E-state index contributed by atoms with van der Waals surface area (Å²) in [6.07, 6.45) is 0.961. The second kappa shape index (κ2) is 8.34. The molecule has 0 saturated carbocycles. The molecular weight excluding hydrogens is 316 g/mol. The molecule has 0 saturated heterocycles. The largest absolute Gasteiger partial charge is 0.379 e. The Hall–Kier alpha value is -2.08. The molecule has 0 spiro atoms. The van der Waals surface area contributed by atoms with Crippen LogP contribution in [0, 0.1) is 5.41 Å². The molecule has 6 heteroatoms. The van der Waals surface area contributed by atoms with Crippen LogP contribution in [0.15, 0.2) is 29.3 Å². The van der Waals surface area contributed by atoms with Crippen molar-refractivity contribution in [1.82, 2.24) is 10.6 Å². The molecule has 0 fully saturated rings. The second-order valence-electron chi connectivity index (χ2n) is 7.32. The molecule has 1 aliphatic heterocycles. The van der Waals surface area contributed by atoms with Crippen LogP contribution in [0.4, 0.5) is 5.69 Å². The van der Waals surface area contributed by atoms with Gasteiger partial charge in [0.2, 0.25) is 5.91 Å². The minimum atomic E-state index is 0.0235. The van der Waals surface area contributed by atoms with Gasteiger partial charge in [0.1, 0.15) is 0 Å². The summed E-state index contributed by atoms with van der Waals surface area (Å²) >= 11 is 0. The molecule has 6 nitrogen and oxygen atoms in total. The average Bonchev–Trinajstić information content (AvgIpc) is 3.00. The highest BCUT2D eigenvalue weighted by Gasteiger charge is 2.25. The van der Waals surface area contributed by atoms with Crippen molar-refractivity contribution in [2.45, 2.75) is 33.3 Å². The van der Waals surface area contributed by atoms with E-state index in [4.69, 9.17) is 4.74 Å². The maximum absolute atomic E-state index is 12.5. The van der Waals surface area contributed by atoms with Gasteiger partial charge in [0.25, 0.3) is 0 Å². The van der Waals surface area contributed by atoms with Gasteiger partial charge < -0.3 is 20.3 Å². The van der Waals surface area contributed by atoms with E-state index in [0.29, 0.717) is 12.5 Å². The predicted octanol–water partition coefficient (Wildman–Crippen LogP) is 1.80. The molecule has 138 valence electrons. The third-order valence-electron chi connectivity index (χ3n) is 4.52. The van der Waals surface area contributed by atoms with Crippen LogP contribution in [0.1, 0.15) is 26.3 Å². The van der Waals surface area contributed by atoms with Crippen LogP contribution in [0.5, 0.6) is 0 Å². The third-order valence-corrected chi connectivity index (χ3v) is 4.52. The third kappa shape index (κ3) is 4.95. The Morgan fingerprint density at radius 1 is 1.32 bits per heavy atom. The van der Waals surface area contributed by atoms with Crippen molar-refractivity contribution in [3.05, 3.63) is 29.8 Å². The van der Waals surface area contributed by atoms with E-state index in [0.717, 1.165) is 18.7 Å². The summed E-state index contributed by atoms with van der Waals surface area (Å²) in [6.45, 7) is 7.97. The van der Waals surface area contributed by atoms with Gasteiger partial charge >= 0.3 is 0 Å². The van der Waals surface area contributed by atoms with Gasteiger partial charge in [-0.1, -0.05) is 39.0 Å². The number of rotatable bonds is 5. The van der Waals surface area contributed by atoms with Crippen molar-refractivity contribution in [3.8, 4) is 0 Å². The average molecular weight is 346 g/mol. The maximum atomic E-state index is 12.5. The molecule has 1 amide bonds. The van der Waals surface area contributed by atoms with Gasteiger partial charge in [0.05, 0.1) is 12.6 Å². The van der Waals surface area contributed by atoms with E-state index in [2.05, 4.69) is 42.5 Å². The summed E-state index contributed by atoms with van der Waals surface area (Å²) in [6, 6.07) is 8.06. The zero-order valence-electron chi connectivity index (χ0n) is 15.9. The van der Waals surface area contributed by atoms with Gasteiger partial charge in [-0.3, -0.25) is 9.79 Å². The summed E-state index contributed by atoms with van der Waals surface area (Å²) in [4.78, 5) is 18.6. The van der Waals surface area contributed by atoms with Crippen LogP contribution in [0.3, 0.4) is 0 Å². The first kappa shape index (κ1) is 19.2. The molecule has 1 aromatic carbocycles. The van der Waals surface area contributed by atoms with E-state index in [9.17, 15) is 4.79 Å². The van der Waals surface area contributed by atoms with Gasteiger partial charge in [-0.05, 0) is 23.5 Å².